The number of aromatic nitrogens is 2. The van der Waals surface area contributed by atoms with Crippen LogP contribution in [0.3, 0.4) is 0 Å². The number of amides is 1. The van der Waals surface area contributed by atoms with E-state index in [1.165, 1.54) is 6.33 Å². The molecule has 0 saturated carbocycles. The van der Waals surface area contributed by atoms with Gasteiger partial charge in [0, 0.05) is 0 Å². The van der Waals surface area contributed by atoms with Crippen molar-refractivity contribution in [1.29, 1.82) is 0 Å². The summed E-state index contributed by atoms with van der Waals surface area (Å²) in [5.41, 5.74) is 9.79. The van der Waals surface area contributed by atoms with Crippen LogP contribution in [0.2, 0.25) is 0 Å². The second kappa shape index (κ2) is 5.13. The van der Waals surface area contributed by atoms with Crippen molar-refractivity contribution in [3.63, 3.8) is 0 Å². The minimum Gasteiger partial charge on any atom is -0.382 e. The van der Waals surface area contributed by atoms with E-state index in [4.69, 9.17) is 5.73 Å². The van der Waals surface area contributed by atoms with Crippen LogP contribution in [0.5, 0.6) is 0 Å². The van der Waals surface area contributed by atoms with Crippen LogP contribution in [0.15, 0.2) is 41.8 Å². The SMILES string of the molecule is C/C(=N\NC(=O)c1[nH]cnc1N)c1ccccc1. The maximum absolute atomic E-state index is 11.7. The molecule has 6 heteroatoms. The minimum absolute atomic E-state index is 0.153. The van der Waals surface area contributed by atoms with Gasteiger partial charge in [-0.25, -0.2) is 10.4 Å². The van der Waals surface area contributed by atoms with Crippen LogP contribution in [0, 0.1) is 0 Å². The Balaban J connectivity index is 2.08. The van der Waals surface area contributed by atoms with Crippen LogP contribution >= 0.6 is 0 Å². The number of nitrogens with two attached hydrogens (primary N) is 1. The summed E-state index contributed by atoms with van der Waals surface area (Å²) in [4.78, 5) is 18.1. The summed E-state index contributed by atoms with van der Waals surface area (Å²) in [7, 11) is 0. The number of carbonyl (C=O) groups excluding carboxylic acids is 1. The lowest BCUT2D eigenvalue weighted by atomic mass is 10.1. The predicted molar refractivity (Wildman–Crippen MR) is 69.1 cm³/mol. The van der Waals surface area contributed by atoms with Gasteiger partial charge in [-0.05, 0) is 12.5 Å². The second-order valence-corrected chi connectivity index (χ2v) is 3.67. The molecule has 0 saturated heterocycles. The fraction of sp³-hybridized carbons (Fsp3) is 0.0833. The Bertz CT molecular complexity index is 573. The molecule has 4 N–H and O–H groups in total. The number of nitrogen functional groups attached to an aromatic ring is 1. The van der Waals surface area contributed by atoms with Crippen LogP contribution in [-0.4, -0.2) is 21.6 Å². The van der Waals surface area contributed by atoms with Crippen LogP contribution in [0.1, 0.15) is 23.0 Å². The third-order valence-electron chi connectivity index (χ3n) is 2.41. The lowest BCUT2D eigenvalue weighted by Gasteiger charge is -2.01. The quantitative estimate of drug-likeness (QED) is 0.557. The topological polar surface area (TPSA) is 96.2 Å². The maximum atomic E-state index is 11.7. The van der Waals surface area contributed by atoms with E-state index in [2.05, 4.69) is 20.5 Å². The molecule has 0 aliphatic carbocycles. The van der Waals surface area contributed by atoms with Crippen LogP contribution in [-0.2, 0) is 0 Å². The third-order valence-corrected chi connectivity index (χ3v) is 2.41. The second-order valence-electron chi connectivity index (χ2n) is 3.67. The zero-order chi connectivity index (χ0) is 13.0. The highest BCUT2D eigenvalue weighted by Crippen LogP contribution is 2.04. The van der Waals surface area contributed by atoms with Crippen molar-refractivity contribution in [1.82, 2.24) is 15.4 Å². The number of nitrogens with zero attached hydrogens (tertiary/aromatic N) is 2. The van der Waals surface area contributed by atoms with Gasteiger partial charge < -0.3 is 10.7 Å². The molecule has 1 amide bonds. The van der Waals surface area contributed by atoms with Crippen molar-refractivity contribution in [3.8, 4) is 0 Å². The van der Waals surface area contributed by atoms with E-state index in [1.54, 1.807) is 0 Å². The Morgan fingerprint density at radius 1 is 1.39 bits per heavy atom. The highest BCUT2D eigenvalue weighted by atomic mass is 16.2. The Morgan fingerprint density at radius 3 is 2.72 bits per heavy atom. The van der Waals surface area contributed by atoms with E-state index >= 15 is 0 Å². The molecule has 0 fully saturated rings. The summed E-state index contributed by atoms with van der Waals surface area (Å²) in [5, 5.41) is 4.01. The number of hydrazone groups is 1. The fourth-order valence-electron chi connectivity index (χ4n) is 1.42. The number of rotatable bonds is 3. The monoisotopic (exact) mass is 243 g/mol. The van der Waals surface area contributed by atoms with Crippen molar-refractivity contribution in [2.75, 3.05) is 5.73 Å². The van der Waals surface area contributed by atoms with Gasteiger partial charge in [-0.2, -0.15) is 5.10 Å². The number of carbonyl (C=O) groups is 1. The molecule has 2 rings (SSSR count). The number of aromatic amines is 1. The van der Waals surface area contributed by atoms with E-state index < -0.39 is 5.91 Å². The molecule has 0 unspecified atom stereocenters. The molecule has 0 aliphatic heterocycles. The number of benzene rings is 1. The molecule has 0 aliphatic rings. The van der Waals surface area contributed by atoms with Gasteiger partial charge in [0.1, 0.15) is 5.69 Å². The van der Waals surface area contributed by atoms with Crippen molar-refractivity contribution in [2.45, 2.75) is 6.92 Å². The molecule has 18 heavy (non-hydrogen) atoms. The Morgan fingerprint density at radius 2 is 2.11 bits per heavy atom. The van der Waals surface area contributed by atoms with Crippen molar-refractivity contribution in [2.24, 2.45) is 5.10 Å². The fourth-order valence-corrected chi connectivity index (χ4v) is 1.42. The average molecular weight is 243 g/mol. The van der Waals surface area contributed by atoms with Gasteiger partial charge in [-0.15, -0.1) is 0 Å². The molecule has 2 aromatic rings. The summed E-state index contributed by atoms with van der Waals surface area (Å²) in [6.07, 6.45) is 1.36. The molecule has 0 radical (unpaired) electrons. The smallest absolute Gasteiger partial charge is 0.291 e. The first kappa shape index (κ1) is 11.8. The molecule has 0 spiro atoms. The lowest BCUT2D eigenvalue weighted by Crippen LogP contribution is -2.20. The predicted octanol–water partition coefficient (Wildman–Crippen LogP) is 1.15. The zero-order valence-corrected chi connectivity index (χ0v) is 9.84. The number of nitrogens with one attached hydrogen (secondary N) is 2. The molecular weight excluding hydrogens is 230 g/mol. The molecule has 0 atom stereocenters. The Hall–Kier alpha value is -2.63. The van der Waals surface area contributed by atoms with Crippen LogP contribution in [0.4, 0.5) is 5.82 Å². The summed E-state index contributed by atoms with van der Waals surface area (Å²) in [5.74, 6) is -0.264. The molecule has 0 bridgehead atoms. The van der Waals surface area contributed by atoms with E-state index in [-0.39, 0.29) is 11.5 Å². The number of H-pyrrole nitrogens is 1. The summed E-state index contributed by atoms with van der Waals surface area (Å²) in [6.45, 7) is 1.81. The maximum Gasteiger partial charge on any atom is 0.291 e. The average Bonchev–Trinajstić information content (AvgIpc) is 2.83. The van der Waals surface area contributed by atoms with Gasteiger partial charge in [0.05, 0.1) is 12.0 Å². The van der Waals surface area contributed by atoms with E-state index in [1.807, 2.05) is 37.3 Å². The molecule has 92 valence electrons. The molecule has 1 aromatic carbocycles. The van der Waals surface area contributed by atoms with Crippen LogP contribution in [0.25, 0.3) is 0 Å². The van der Waals surface area contributed by atoms with Crippen molar-refractivity contribution < 1.29 is 4.79 Å². The number of hydrogen-bond donors (Lipinski definition) is 3. The van der Waals surface area contributed by atoms with Gasteiger partial charge in [0.2, 0.25) is 0 Å². The summed E-state index contributed by atoms with van der Waals surface area (Å²) < 4.78 is 0. The van der Waals surface area contributed by atoms with Crippen LogP contribution < -0.4 is 11.2 Å². The first-order chi connectivity index (χ1) is 8.68. The largest absolute Gasteiger partial charge is 0.382 e. The van der Waals surface area contributed by atoms with E-state index in [9.17, 15) is 4.79 Å². The molecule has 1 aromatic heterocycles. The van der Waals surface area contributed by atoms with E-state index in [0.717, 1.165) is 5.56 Å². The van der Waals surface area contributed by atoms with Gasteiger partial charge >= 0.3 is 0 Å². The zero-order valence-electron chi connectivity index (χ0n) is 9.84. The molecular formula is C12H13N5O. The molecule has 6 nitrogen and oxygen atoms in total. The Labute approximate surface area is 104 Å². The first-order valence-corrected chi connectivity index (χ1v) is 5.37. The number of imidazole rings is 1. The molecule has 1 heterocycles. The van der Waals surface area contributed by atoms with Crippen molar-refractivity contribution in [3.05, 3.63) is 47.9 Å². The van der Waals surface area contributed by atoms with Gasteiger partial charge in [-0.3, -0.25) is 4.79 Å². The Kier molecular flexibility index (Phi) is 3.38. The standard InChI is InChI=1S/C12H13N5O/c1-8(9-5-3-2-4-6-9)16-17-12(18)10-11(13)15-7-14-10/h2-7H,13H2,1H3,(H,14,15)(H,17,18)/b16-8+. The lowest BCUT2D eigenvalue weighted by molar-refractivity contribution is 0.0951. The van der Waals surface area contributed by atoms with Crippen molar-refractivity contribution >= 4 is 17.4 Å². The highest BCUT2D eigenvalue weighted by molar-refractivity contribution is 6.01. The number of hydrogen-bond acceptors (Lipinski definition) is 4. The van der Waals surface area contributed by atoms with Gasteiger partial charge in [-0.1, -0.05) is 30.3 Å². The van der Waals surface area contributed by atoms with Gasteiger partial charge in [0.25, 0.3) is 5.91 Å². The normalized spacial score (nSPS) is 11.3. The summed E-state index contributed by atoms with van der Waals surface area (Å²) >= 11 is 0. The third kappa shape index (κ3) is 2.54. The van der Waals surface area contributed by atoms with Gasteiger partial charge in [0.15, 0.2) is 5.82 Å². The van der Waals surface area contributed by atoms with E-state index in [0.29, 0.717) is 5.71 Å². The number of anilines is 1. The summed E-state index contributed by atoms with van der Waals surface area (Å²) in [6, 6.07) is 9.55. The first-order valence-electron chi connectivity index (χ1n) is 5.37. The highest BCUT2D eigenvalue weighted by Gasteiger charge is 2.10. The minimum atomic E-state index is -0.416.